The number of fused-ring (bicyclic) bond motifs is 3. The highest BCUT2D eigenvalue weighted by atomic mass is 16.7. The SMILES string of the molecule is CC(=O)OC1CC(C)(OC(C)=O)C(=O)CCC2(C)OC2C2OC(=O)C(CO)C12. The molecule has 3 fully saturated rings. The number of ketones is 1. The molecule has 9 nitrogen and oxygen atoms in total. The molecule has 0 amide bonds. The van der Waals surface area contributed by atoms with Crippen molar-refractivity contribution in [2.75, 3.05) is 6.61 Å². The van der Waals surface area contributed by atoms with Gasteiger partial charge in [0.25, 0.3) is 0 Å². The second-order valence-electron chi connectivity index (χ2n) is 8.22. The van der Waals surface area contributed by atoms with Gasteiger partial charge in [-0.05, 0) is 20.3 Å². The molecule has 7 atom stereocenters. The van der Waals surface area contributed by atoms with Gasteiger partial charge in [-0.25, -0.2) is 0 Å². The number of ether oxygens (including phenoxy) is 4. The lowest BCUT2D eigenvalue weighted by atomic mass is 9.75. The van der Waals surface area contributed by atoms with Crippen LogP contribution in [0.5, 0.6) is 0 Å². The Morgan fingerprint density at radius 1 is 1.21 bits per heavy atom. The number of hydrogen-bond acceptors (Lipinski definition) is 9. The third-order valence-electron chi connectivity index (χ3n) is 5.98. The molecule has 156 valence electrons. The largest absolute Gasteiger partial charge is 0.462 e. The quantitative estimate of drug-likeness (QED) is 0.405. The van der Waals surface area contributed by atoms with Gasteiger partial charge in [0.1, 0.15) is 18.3 Å². The fourth-order valence-electron chi connectivity index (χ4n) is 4.50. The van der Waals surface area contributed by atoms with E-state index < -0.39 is 65.9 Å². The standard InChI is InChI=1S/C19H26O9/c1-9(21)25-12-7-19(4,27-10(2)22)13(23)5-6-18(3)16(28-18)15-14(12)11(8-20)17(24)26-15/h11-12,14-16,20H,5-8H2,1-4H3. The molecular weight excluding hydrogens is 372 g/mol. The Morgan fingerprint density at radius 2 is 1.89 bits per heavy atom. The van der Waals surface area contributed by atoms with Gasteiger partial charge in [-0.1, -0.05) is 0 Å². The molecule has 0 aromatic rings. The third-order valence-corrected chi connectivity index (χ3v) is 5.98. The highest BCUT2D eigenvalue weighted by Crippen LogP contribution is 2.51. The summed E-state index contributed by atoms with van der Waals surface area (Å²) in [4.78, 5) is 48.7. The van der Waals surface area contributed by atoms with Crippen molar-refractivity contribution in [3.63, 3.8) is 0 Å². The van der Waals surface area contributed by atoms with E-state index in [-0.39, 0.29) is 18.6 Å². The number of epoxide rings is 1. The molecule has 0 spiro atoms. The highest BCUT2D eigenvalue weighted by Gasteiger charge is 2.66. The number of aliphatic hydroxyl groups excluding tert-OH is 1. The van der Waals surface area contributed by atoms with Gasteiger partial charge in [-0.2, -0.15) is 0 Å². The van der Waals surface area contributed by atoms with Gasteiger partial charge < -0.3 is 24.1 Å². The van der Waals surface area contributed by atoms with Crippen LogP contribution in [0, 0.1) is 11.8 Å². The minimum atomic E-state index is -1.54. The number of carbonyl (C=O) groups excluding carboxylic acids is 4. The zero-order valence-electron chi connectivity index (χ0n) is 16.4. The Morgan fingerprint density at radius 3 is 2.46 bits per heavy atom. The van der Waals surface area contributed by atoms with Gasteiger partial charge in [0.05, 0.1) is 24.0 Å². The van der Waals surface area contributed by atoms with E-state index in [1.807, 2.05) is 6.92 Å². The van der Waals surface area contributed by atoms with Crippen molar-refractivity contribution >= 4 is 23.7 Å². The van der Waals surface area contributed by atoms with Crippen molar-refractivity contribution in [1.29, 1.82) is 0 Å². The van der Waals surface area contributed by atoms with E-state index in [0.29, 0.717) is 6.42 Å². The summed E-state index contributed by atoms with van der Waals surface area (Å²) in [6, 6.07) is 0. The van der Waals surface area contributed by atoms with Gasteiger partial charge in [0.15, 0.2) is 11.4 Å². The normalized spacial score (nSPS) is 42.7. The topological polar surface area (TPSA) is 129 Å². The number of esters is 3. The molecule has 2 aliphatic heterocycles. The molecule has 0 radical (unpaired) electrons. The zero-order valence-corrected chi connectivity index (χ0v) is 16.4. The van der Waals surface area contributed by atoms with Gasteiger partial charge in [-0.3, -0.25) is 19.2 Å². The summed E-state index contributed by atoms with van der Waals surface area (Å²) in [5.74, 6) is -3.84. The first-order chi connectivity index (χ1) is 13.0. The fourth-order valence-corrected chi connectivity index (χ4v) is 4.50. The molecule has 0 bridgehead atoms. The second kappa shape index (κ2) is 7.11. The summed E-state index contributed by atoms with van der Waals surface area (Å²) < 4.78 is 22.1. The summed E-state index contributed by atoms with van der Waals surface area (Å²) in [6.45, 7) is 5.19. The molecule has 28 heavy (non-hydrogen) atoms. The van der Waals surface area contributed by atoms with Crippen LogP contribution in [0.3, 0.4) is 0 Å². The first-order valence-corrected chi connectivity index (χ1v) is 9.40. The van der Waals surface area contributed by atoms with E-state index in [9.17, 15) is 24.3 Å². The molecule has 0 aromatic heterocycles. The van der Waals surface area contributed by atoms with Crippen LogP contribution < -0.4 is 0 Å². The molecule has 9 heteroatoms. The van der Waals surface area contributed by atoms with E-state index >= 15 is 0 Å². The van der Waals surface area contributed by atoms with Crippen LogP contribution in [0.4, 0.5) is 0 Å². The average Bonchev–Trinajstić information content (AvgIpc) is 3.12. The maximum Gasteiger partial charge on any atom is 0.312 e. The molecule has 2 saturated heterocycles. The molecule has 3 aliphatic rings. The lowest BCUT2D eigenvalue weighted by Gasteiger charge is -2.36. The van der Waals surface area contributed by atoms with Crippen LogP contribution in [0.15, 0.2) is 0 Å². The van der Waals surface area contributed by atoms with Crippen molar-refractivity contribution in [3.05, 3.63) is 0 Å². The maximum atomic E-state index is 12.9. The molecule has 0 aromatic carbocycles. The summed E-state index contributed by atoms with van der Waals surface area (Å²) in [7, 11) is 0. The predicted octanol–water partition coefficient (Wildman–Crippen LogP) is 0.301. The summed E-state index contributed by atoms with van der Waals surface area (Å²) in [6.07, 6.45) is -1.83. The third kappa shape index (κ3) is 3.65. The molecule has 1 aliphatic carbocycles. The molecule has 1 saturated carbocycles. The number of Topliss-reactive ketones (excluding diaryl/α,β-unsaturated/α-hetero) is 1. The van der Waals surface area contributed by atoms with E-state index in [4.69, 9.17) is 18.9 Å². The number of carbonyl (C=O) groups is 4. The van der Waals surface area contributed by atoms with Gasteiger partial charge >= 0.3 is 17.9 Å². The minimum absolute atomic E-state index is 0.0956. The Kier molecular flexibility index (Phi) is 5.26. The molecule has 1 N–H and O–H groups in total. The van der Waals surface area contributed by atoms with Crippen LogP contribution >= 0.6 is 0 Å². The van der Waals surface area contributed by atoms with E-state index in [1.54, 1.807) is 0 Å². The Bertz CT molecular complexity index is 704. The van der Waals surface area contributed by atoms with Crippen LogP contribution in [-0.4, -0.2) is 64.9 Å². The first kappa shape index (κ1) is 20.7. The number of hydrogen-bond donors (Lipinski definition) is 1. The van der Waals surface area contributed by atoms with Crippen molar-refractivity contribution in [2.24, 2.45) is 11.8 Å². The van der Waals surface area contributed by atoms with Crippen LogP contribution in [-0.2, 0) is 38.1 Å². The highest BCUT2D eigenvalue weighted by molar-refractivity contribution is 5.89. The lowest BCUT2D eigenvalue weighted by Crippen LogP contribution is -2.50. The molecular formula is C19H26O9. The summed E-state index contributed by atoms with van der Waals surface area (Å²) >= 11 is 0. The van der Waals surface area contributed by atoms with Crippen LogP contribution in [0.25, 0.3) is 0 Å². The first-order valence-electron chi connectivity index (χ1n) is 9.40. The molecule has 2 heterocycles. The van der Waals surface area contributed by atoms with Crippen molar-refractivity contribution in [1.82, 2.24) is 0 Å². The Labute approximate surface area is 162 Å². The Hall–Kier alpha value is -2.00. The smallest absolute Gasteiger partial charge is 0.312 e. The van der Waals surface area contributed by atoms with Crippen LogP contribution in [0.2, 0.25) is 0 Å². The summed E-state index contributed by atoms with van der Waals surface area (Å²) in [5.41, 5.74) is -2.22. The lowest BCUT2D eigenvalue weighted by molar-refractivity contribution is -0.173. The van der Waals surface area contributed by atoms with Gasteiger partial charge in [0, 0.05) is 26.7 Å². The van der Waals surface area contributed by atoms with Crippen LogP contribution in [0.1, 0.15) is 47.0 Å². The monoisotopic (exact) mass is 398 g/mol. The molecule has 7 unspecified atom stereocenters. The van der Waals surface area contributed by atoms with E-state index in [1.165, 1.54) is 20.8 Å². The zero-order chi connectivity index (χ0) is 20.9. The Balaban J connectivity index is 2.04. The molecule has 3 rings (SSSR count). The van der Waals surface area contributed by atoms with E-state index in [0.717, 1.165) is 0 Å². The van der Waals surface area contributed by atoms with Gasteiger partial charge in [-0.15, -0.1) is 0 Å². The number of rotatable bonds is 3. The minimum Gasteiger partial charge on any atom is -0.462 e. The fraction of sp³-hybridized carbons (Fsp3) is 0.789. The second-order valence-corrected chi connectivity index (χ2v) is 8.22. The van der Waals surface area contributed by atoms with E-state index in [2.05, 4.69) is 0 Å². The van der Waals surface area contributed by atoms with Gasteiger partial charge in [0.2, 0.25) is 0 Å². The van der Waals surface area contributed by atoms with Crippen molar-refractivity contribution in [3.8, 4) is 0 Å². The number of aliphatic hydroxyl groups is 1. The summed E-state index contributed by atoms with van der Waals surface area (Å²) in [5, 5.41) is 9.77. The predicted molar refractivity (Wildman–Crippen MR) is 91.8 cm³/mol. The average molecular weight is 398 g/mol. The van der Waals surface area contributed by atoms with Crippen molar-refractivity contribution < 1.29 is 43.2 Å². The maximum absolute atomic E-state index is 12.9. The van der Waals surface area contributed by atoms with Crippen molar-refractivity contribution in [2.45, 2.75) is 76.5 Å².